The number of halogens is 1. The van der Waals surface area contributed by atoms with Crippen molar-refractivity contribution < 1.29 is 9.13 Å². The molecule has 0 radical (unpaired) electrons. The number of ether oxygens (including phenoxy) is 1. The number of benzene rings is 1. The standard InChI is InChI=1S/C12H17FN2O/c1-14-7-6-9-8-16-12-10(13)4-3-5-11(12)15(9)2/h3-5,9,14H,6-8H2,1-2H3. The first kappa shape index (κ1) is 11.2. The van der Waals surface area contributed by atoms with Crippen molar-refractivity contribution in [3.05, 3.63) is 24.0 Å². The minimum atomic E-state index is -0.281. The summed E-state index contributed by atoms with van der Waals surface area (Å²) >= 11 is 0. The van der Waals surface area contributed by atoms with Gasteiger partial charge in [0.15, 0.2) is 11.6 Å². The summed E-state index contributed by atoms with van der Waals surface area (Å²) in [6.45, 7) is 1.48. The van der Waals surface area contributed by atoms with E-state index in [1.165, 1.54) is 6.07 Å². The molecule has 1 heterocycles. The molecule has 1 aromatic rings. The van der Waals surface area contributed by atoms with Gasteiger partial charge in [-0.15, -0.1) is 0 Å². The summed E-state index contributed by atoms with van der Waals surface area (Å²) in [4.78, 5) is 2.10. The Labute approximate surface area is 95.2 Å². The minimum Gasteiger partial charge on any atom is -0.486 e. The number of nitrogens with zero attached hydrogens (tertiary/aromatic N) is 1. The van der Waals surface area contributed by atoms with E-state index in [4.69, 9.17) is 4.74 Å². The van der Waals surface area contributed by atoms with E-state index in [-0.39, 0.29) is 5.82 Å². The van der Waals surface area contributed by atoms with Crippen LogP contribution in [-0.4, -0.2) is 33.3 Å². The van der Waals surface area contributed by atoms with Gasteiger partial charge in [-0.25, -0.2) is 4.39 Å². The van der Waals surface area contributed by atoms with E-state index in [9.17, 15) is 4.39 Å². The van der Waals surface area contributed by atoms with Crippen LogP contribution in [0.4, 0.5) is 10.1 Å². The van der Waals surface area contributed by atoms with Crippen LogP contribution >= 0.6 is 0 Å². The van der Waals surface area contributed by atoms with Gasteiger partial charge in [0.05, 0.1) is 11.7 Å². The van der Waals surface area contributed by atoms with Crippen LogP contribution < -0.4 is 15.0 Å². The normalized spacial score (nSPS) is 19.2. The zero-order valence-electron chi connectivity index (χ0n) is 9.66. The molecule has 1 aliphatic rings. The lowest BCUT2D eigenvalue weighted by Gasteiger charge is -2.35. The maximum absolute atomic E-state index is 13.5. The first-order chi connectivity index (χ1) is 7.74. The Morgan fingerprint density at radius 3 is 3.12 bits per heavy atom. The van der Waals surface area contributed by atoms with Gasteiger partial charge in [0.25, 0.3) is 0 Å². The van der Waals surface area contributed by atoms with Crippen LogP contribution in [0.5, 0.6) is 5.75 Å². The monoisotopic (exact) mass is 224 g/mol. The maximum atomic E-state index is 13.5. The van der Waals surface area contributed by atoms with Gasteiger partial charge in [0.2, 0.25) is 0 Å². The summed E-state index contributed by atoms with van der Waals surface area (Å²) in [6, 6.07) is 5.35. The molecular weight excluding hydrogens is 207 g/mol. The van der Waals surface area contributed by atoms with Gasteiger partial charge in [-0.05, 0) is 32.1 Å². The van der Waals surface area contributed by atoms with E-state index in [2.05, 4.69) is 10.2 Å². The number of rotatable bonds is 3. The van der Waals surface area contributed by atoms with E-state index in [0.717, 1.165) is 18.7 Å². The van der Waals surface area contributed by atoms with Crippen molar-refractivity contribution in [1.29, 1.82) is 0 Å². The zero-order chi connectivity index (χ0) is 11.5. The third kappa shape index (κ3) is 1.97. The quantitative estimate of drug-likeness (QED) is 0.844. The molecule has 2 rings (SSSR count). The molecule has 0 saturated carbocycles. The lowest BCUT2D eigenvalue weighted by molar-refractivity contribution is 0.248. The summed E-state index contributed by atoms with van der Waals surface area (Å²) in [5.41, 5.74) is 0.840. The SMILES string of the molecule is CNCCC1COc2c(F)cccc2N1C. The van der Waals surface area contributed by atoms with Crippen molar-refractivity contribution >= 4 is 5.69 Å². The molecule has 1 unspecified atom stereocenters. The van der Waals surface area contributed by atoms with Gasteiger partial charge in [0, 0.05) is 7.05 Å². The fourth-order valence-electron chi connectivity index (χ4n) is 1.99. The number of anilines is 1. The molecule has 0 spiro atoms. The maximum Gasteiger partial charge on any atom is 0.178 e. The highest BCUT2D eigenvalue weighted by molar-refractivity contribution is 5.60. The summed E-state index contributed by atoms with van der Waals surface area (Å²) in [7, 11) is 3.92. The van der Waals surface area contributed by atoms with Gasteiger partial charge in [-0.2, -0.15) is 0 Å². The Morgan fingerprint density at radius 2 is 2.38 bits per heavy atom. The molecule has 1 atom stereocenters. The molecule has 0 aliphatic carbocycles. The highest BCUT2D eigenvalue weighted by Crippen LogP contribution is 2.35. The number of likely N-dealkylation sites (N-methyl/N-ethyl adjacent to an activating group) is 1. The molecule has 4 heteroatoms. The molecule has 88 valence electrons. The Morgan fingerprint density at radius 1 is 1.56 bits per heavy atom. The van der Waals surface area contributed by atoms with E-state index in [0.29, 0.717) is 18.4 Å². The van der Waals surface area contributed by atoms with Crippen molar-refractivity contribution in [2.45, 2.75) is 12.5 Å². The average molecular weight is 224 g/mol. The van der Waals surface area contributed by atoms with Gasteiger partial charge in [0.1, 0.15) is 6.61 Å². The fourth-order valence-corrected chi connectivity index (χ4v) is 1.99. The largest absolute Gasteiger partial charge is 0.486 e. The third-order valence-electron chi connectivity index (χ3n) is 3.02. The van der Waals surface area contributed by atoms with Crippen molar-refractivity contribution in [1.82, 2.24) is 5.32 Å². The number of hydrogen-bond donors (Lipinski definition) is 1. The summed E-state index contributed by atoms with van der Waals surface area (Å²) < 4.78 is 18.9. The Kier molecular flexibility index (Phi) is 3.29. The number of fused-ring (bicyclic) bond motifs is 1. The molecule has 16 heavy (non-hydrogen) atoms. The highest BCUT2D eigenvalue weighted by Gasteiger charge is 2.26. The highest BCUT2D eigenvalue weighted by atomic mass is 19.1. The van der Waals surface area contributed by atoms with Gasteiger partial charge < -0.3 is 15.0 Å². The van der Waals surface area contributed by atoms with E-state index in [1.54, 1.807) is 6.07 Å². The number of hydrogen-bond acceptors (Lipinski definition) is 3. The van der Waals surface area contributed by atoms with Crippen LogP contribution in [0.2, 0.25) is 0 Å². The molecule has 1 aromatic carbocycles. The Bertz CT molecular complexity index is 370. The second kappa shape index (κ2) is 4.70. The van der Waals surface area contributed by atoms with Crippen LogP contribution in [0, 0.1) is 5.82 Å². The molecule has 0 amide bonds. The first-order valence-corrected chi connectivity index (χ1v) is 5.52. The van der Waals surface area contributed by atoms with Crippen LogP contribution in [0.3, 0.4) is 0 Å². The second-order valence-corrected chi connectivity index (χ2v) is 4.06. The smallest absolute Gasteiger partial charge is 0.178 e. The molecule has 0 aromatic heterocycles. The first-order valence-electron chi connectivity index (χ1n) is 5.52. The molecule has 1 aliphatic heterocycles. The zero-order valence-corrected chi connectivity index (χ0v) is 9.66. The van der Waals surface area contributed by atoms with Gasteiger partial charge in [-0.3, -0.25) is 0 Å². The molecule has 0 saturated heterocycles. The summed E-state index contributed by atoms with van der Waals surface area (Å²) in [5, 5.41) is 3.11. The van der Waals surface area contributed by atoms with E-state index < -0.39 is 0 Å². The molecule has 0 bridgehead atoms. The summed E-state index contributed by atoms with van der Waals surface area (Å²) in [6.07, 6.45) is 0.989. The van der Waals surface area contributed by atoms with Crippen molar-refractivity contribution in [3.63, 3.8) is 0 Å². The average Bonchev–Trinajstić information content (AvgIpc) is 2.29. The minimum absolute atomic E-state index is 0.281. The van der Waals surface area contributed by atoms with Gasteiger partial charge >= 0.3 is 0 Å². The molecule has 0 fully saturated rings. The lowest BCUT2D eigenvalue weighted by atomic mass is 10.1. The van der Waals surface area contributed by atoms with Crippen molar-refractivity contribution in [2.24, 2.45) is 0 Å². The fraction of sp³-hybridized carbons (Fsp3) is 0.500. The topological polar surface area (TPSA) is 24.5 Å². The van der Waals surface area contributed by atoms with Crippen molar-refractivity contribution in [3.8, 4) is 5.75 Å². The predicted octanol–water partition coefficient (Wildman–Crippen LogP) is 1.63. The number of nitrogens with one attached hydrogen (secondary N) is 1. The predicted molar refractivity (Wildman–Crippen MR) is 62.6 cm³/mol. The van der Waals surface area contributed by atoms with E-state index in [1.807, 2.05) is 20.2 Å². The lowest BCUT2D eigenvalue weighted by Crippen LogP contribution is -2.42. The number of para-hydroxylation sites is 1. The Balaban J connectivity index is 2.18. The van der Waals surface area contributed by atoms with E-state index >= 15 is 0 Å². The van der Waals surface area contributed by atoms with Crippen LogP contribution in [0.15, 0.2) is 18.2 Å². The van der Waals surface area contributed by atoms with Crippen LogP contribution in [-0.2, 0) is 0 Å². The molecule has 1 N–H and O–H groups in total. The van der Waals surface area contributed by atoms with Gasteiger partial charge in [-0.1, -0.05) is 6.07 Å². The summed E-state index contributed by atoms with van der Waals surface area (Å²) in [5.74, 6) is 0.0992. The van der Waals surface area contributed by atoms with Crippen LogP contribution in [0.25, 0.3) is 0 Å². The molecule has 3 nitrogen and oxygen atoms in total. The Hall–Kier alpha value is -1.29. The second-order valence-electron chi connectivity index (χ2n) is 4.06. The third-order valence-corrected chi connectivity index (χ3v) is 3.02. The molecular formula is C12H17FN2O. The van der Waals surface area contributed by atoms with Crippen molar-refractivity contribution in [2.75, 3.05) is 32.1 Å². The van der Waals surface area contributed by atoms with Crippen LogP contribution in [0.1, 0.15) is 6.42 Å².